The molecule has 9 rings (SSSR count). The molecule has 4 nitrogen and oxygen atoms in total. The summed E-state index contributed by atoms with van der Waals surface area (Å²) in [5.74, 6) is 4.24. The van der Waals surface area contributed by atoms with Crippen molar-refractivity contribution in [2.24, 2.45) is 0 Å². The van der Waals surface area contributed by atoms with Crippen LogP contribution in [0.5, 0.6) is 0 Å². The lowest BCUT2D eigenvalue weighted by Gasteiger charge is -2.36. The summed E-state index contributed by atoms with van der Waals surface area (Å²) in [6.45, 7) is 0.197. The molecule has 0 fully saturated rings. The molecule has 5 heteroatoms. The first-order valence-corrected chi connectivity index (χ1v) is 16.2. The molecule has 48 heavy (non-hydrogen) atoms. The van der Waals surface area contributed by atoms with E-state index < -0.39 is 0 Å². The van der Waals surface area contributed by atoms with E-state index in [4.69, 9.17) is 15.0 Å². The van der Waals surface area contributed by atoms with Crippen LogP contribution in [0, 0.1) is 0 Å². The van der Waals surface area contributed by atoms with Crippen molar-refractivity contribution in [1.29, 1.82) is 0 Å². The van der Waals surface area contributed by atoms with Crippen molar-refractivity contribution >= 4 is 18.0 Å². The molecule has 0 aliphatic carbocycles. The van der Waals surface area contributed by atoms with Gasteiger partial charge in [-0.2, -0.15) is 0 Å². The van der Waals surface area contributed by atoms with Gasteiger partial charge in [-0.25, -0.2) is 15.0 Å². The fourth-order valence-corrected chi connectivity index (χ4v) is 6.79. The summed E-state index contributed by atoms with van der Waals surface area (Å²) >= 11 is 0. The summed E-state index contributed by atoms with van der Waals surface area (Å²) < 4.78 is 0. The standard InChI is InChI=1S/C43H29BN4/c1-3-13-30(14-4-1)41-45-42(31-15-5-2-6-16-31)47-43(46-41)36-20-12-19-34(28-36)32-17-11-18-33(27-32)35-23-24-38-37-21-7-8-22-39(37)44-25-9-10-26-48(44)40(38)29-35/h1-29H. The SMILES string of the molecule is C1=CB2c3ccccc3-c3ccc(-c4cccc(-c5cccc(-c6nc(-c7ccccc7)nc(-c7ccccc7)n6)c5)c4)cc3N2C=C1. The average Bonchev–Trinajstić information content (AvgIpc) is 3.18. The summed E-state index contributed by atoms with van der Waals surface area (Å²) in [4.78, 5) is 17.1. The minimum Gasteiger partial charge on any atom is -0.383 e. The molecule has 0 atom stereocenters. The second-order valence-electron chi connectivity index (χ2n) is 12.1. The van der Waals surface area contributed by atoms with E-state index in [0.29, 0.717) is 17.5 Å². The zero-order valence-electron chi connectivity index (χ0n) is 26.1. The van der Waals surface area contributed by atoms with Crippen LogP contribution >= 0.6 is 0 Å². The molecule has 1 aromatic heterocycles. The maximum Gasteiger partial charge on any atom is 0.320 e. The summed E-state index contributed by atoms with van der Waals surface area (Å²) in [7, 11) is 0. The minimum absolute atomic E-state index is 0.197. The molecule has 3 heterocycles. The van der Waals surface area contributed by atoms with E-state index >= 15 is 0 Å². The van der Waals surface area contributed by atoms with Crippen LogP contribution in [0.25, 0.3) is 67.5 Å². The third-order valence-corrected chi connectivity index (χ3v) is 9.15. The number of hydrogen-bond donors (Lipinski definition) is 0. The molecule has 0 saturated heterocycles. The number of hydrogen-bond acceptors (Lipinski definition) is 4. The van der Waals surface area contributed by atoms with Gasteiger partial charge in [-0.15, -0.1) is 0 Å². The summed E-state index contributed by atoms with van der Waals surface area (Å²) in [6, 6.07) is 53.0. The Morgan fingerprint density at radius 2 is 0.917 bits per heavy atom. The van der Waals surface area contributed by atoms with Crippen molar-refractivity contribution in [1.82, 2.24) is 15.0 Å². The van der Waals surface area contributed by atoms with Crippen LogP contribution < -0.4 is 10.3 Å². The number of nitrogens with zero attached hydrogens (tertiary/aromatic N) is 4. The van der Waals surface area contributed by atoms with Crippen molar-refractivity contribution in [3.8, 4) is 67.5 Å². The predicted molar refractivity (Wildman–Crippen MR) is 199 cm³/mol. The monoisotopic (exact) mass is 612 g/mol. The topological polar surface area (TPSA) is 41.9 Å². The number of allylic oxidation sites excluding steroid dienone is 2. The Morgan fingerprint density at radius 1 is 0.396 bits per heavy atom. The summed E-state index contributed by atoms with van der Waals surface area (Å²) in [5, 5.41) is 0. The highest BCUT2D eigenvalue weighted by Crippen LogP contribution is 2.40. The van der Waals surface area contributed by atoms with Gasteiger partial charge in [-0.3, -0.25) is 0 Å². The van der Waals surface area contributed by atoms with E-state index in [1.807, 2.05) is 60.7 Å². The van der Waals surface area contributed by atoms with Crippen molar-refractivity contribution in [2.75, 3.05) is 4.81 Å². The molecule has 0 saturated carbocycles. The zero-order chi connectivity index (χ0) is 31.9. The fraction of sp³-hybridized carbons (Fsp3) is 0. The third-order valence-electron chi connectivity index (χ3n) is 9.15. The van der Waals surface area contributed by atoms with E-state index in [2.05, 4.69) is 120 Å². The van der Waals surface area contributed by atoms with Gasteiger partial charge in [0.2, 0.25) is 0 Å². The van der Waals surface area contributed by atoms with Crippen molar-refractivity contribution < 1.29 is 0 Å². The molecule has 0 amide bonds. The van der Waals surface area contributed by atoms with Gasteiger partial charge in [-0.1, -0.05) is 146 Å². The number of benzene rings is 6. The van der Waals surface area contributed by atoms with Gasteiger partial charge < -0.3 is 4.81 Å². The molecule has 0 N–H and O–H groups in total. The lowest BCUT2D eigenvalue weighted by atomic mass is 9.49. The van der Waals surface area contributed by atoms with Crippen LogP contribution in [0.3, 0.4) is 0 Å². The third kappa shape index (κ3) is 5.02. The van der Waals surface area contributed by atoms with Crippen molar-refractivity contribution in [3.63, 3.8) is 0 Å². The van der Waals surface area contributed by atoms with Crippen LogP contribution in [0.15, 0.2) is 176 Å². The second-order valence-corrected chi connectivity index (χ2v) is 12.1. The van der Waals surface area contributed by atoms with Crippen molar-refractivity contribution in [2.45, 2.75) is 0 Å². The number of anilines is 1. The first-order chi connectivity index (χ1) is 23.8. The van der Waals surface area contributed by atoms with Gasteiger partial charge in [-0.05, 0) is 63.8 Å². The summed E-state index contributed by atoms with van der Waals surface area (Å²) in [5.41, 5.74) is 12.6. The number of rotatable bonds is 5. The van der Waals surface area contributed by atoms with E-state index in [1.165, 1.54) is 33.4 Å². The highest BCUT2D eigenvalue weighted by molar-refractivity contribution is 6.83. The van der Waals surface area contributed by atoms with Crippen molar-refractivity contribution in [3.05, 3.63) is 176 Å². The lowest BCUT2D eigenvalue weighted by Crippen LogP contribution is -2.49. The Balaban J connectivity index is 1.10. The second kappa shape index (κ2) is 11.8. The van der Waals surface area contributed by atoms with Crippen LogP contribution in [0.2, 0.25) is 0 Å². The van der Waals surface area contributed by atoms with E-state index in [0.717, 1.165) is 27.8 Å². The van der Waals surface area contributed by atoms with E-state index in [9.17, 15) is 0 Å². The maximum absolute atomic E-state index is 4.95. The lowest BCUT2D eigenvalue weighted by molar-refractivity contribution is 1.07. The Hall–Kier alpha value is -6.33. The van der Waals surface area contributed by atoms with Gasteiger partial charge in [0.1, 0.15) is 0 Å². The quantitative estimate of drug-likeness (QED) is 0.182. The number of aromatic nitrogens is 3. The van der Waals surface area contributed by atoms with Crippen LogP contribution in [-0.4, -0.2) is 21.8 Å². The Bertz CT molecular complexity index is 2310. The molecule has 7 aromatic rings. The van der Waals surface area contributed by atoms with Crippen LogP contribution in [0.1, 0.15) is 0 Å². The van der Waals surface area contributed by atoms with Gasteiger partial charge in [0.25, 0.3) is 0 Å². The highest BCUT2D eigenvalue weighted by atomic mass is 15.1. The van der Waals surface area contributed by atoms with Gasteiger partial charge in [0.15, 0.2) is 17.5 Å². The van der Waals surface area contributed by atoms with Gasteiger partial charge >= 0.3 is 6.85 Å². The van der Waals surface area contributed by atoms with Gasteiger partial charge in [0.05, 0.1) is 0 Å². The maximum atomic E-state index is 4.95. The largest absolute Gasteiger partial charge is 0.383 e. The Kier molecular flexibility index (Phi) is 6.87. The first kappa shape index (κ1) is 27.9. The zero-order valence-corrected chi connectivity index (χ0v) is 26.1. The molecule has 224 valence electrons. The number of fused-ring (bicyclic) bond motifs is 6. The molecule has 0 radical (unpaired) electrons. The molecular formula is C43H29BN4. The Morgan fingerprint density at radius 3 is 1.58 bits per heavy atom. The molecule has 2 aliphatic rings. The van der Waals surface area contributed by atoms with Gasteiger partial charge in [0, 0.05) is 27.9 Å². The molecule has 0 spiro atoms. The summed E-state index contributed by atoms with van der Waals surface area (Å²) in [6.07, 6.45) is 6.46. The minimum atomic E-state index is 0.197. The smallest absolute Gasteiger partial charge is 0.320 e. The van der Waals surface area contributed by atoms with E-state index in [1.54, 1.807) is 0 Å². The fourth-order valence-electron chi connectivity index (χ4n) is 6.79. The normalized spacial score (nSPS) is 12.8. The van der Waals surface area contributed by atoms with Crippen LogP contribution in [-0.2, 0) is 0 Å². The Labute approximate surface area is 280 Å². The van der Waals surface area contributed by atoms with Crippen LogP contribution in [0.4, 0.5) is 5.69 Å². The molecule has 0 unspecified atom stereocenters. The molecular weight excluding hydrogens is 583 g/mol. The predicted octanol–water partition coefficient (Wildman–Crippen LogP) is 9.51. The molecule has 6 aromatic carbocycles. The molecule has 0 bridgehead atoms. The first-order valence-electron chi connectivity index (χ1n) is 16.2. The van der Waals surface area contributed by atoms with E-state index in [-0.39, 0.29) is 6.85 Å². The average molecular weight is 613 g/mol. The molecule has 2 aliphatic heterocycles. The highest BCUT2D eigenvalue weighted by Gasteiger charge is 2.32.